The average molecular weight is 333 g/mol. The lowest BCUT2D eigenvalue weighted by Crippen LogP contribution is -2.33. The number of rotatable bonds is 11. The van der Waals surface area contributed by atoms with Crippen LogP contribution in [0, 0.1) is 0 Å². The molecule has 0 fully saturated rings. The Bertz CT molecular complexity index is 245. The second-order valence-electron chi connectivity index (χ2n) is 6.09. The first-order valence-electron chi connectivity index (χ1n) is 7.16. The summed E-state index contributed by atoms with van der Waals surface area (Å²) in [5.74, 6) is 0. The van der Waals surface area contributed by atoms with Crippen molar-refractivity contribution in [2.24, 2.45) is 0 Å². The summed E-state index contributed by atoms with van der Waals surface area (Å²) in [7, 11) is -1.53. The Hall–Kier alpha value is 0.107. The number of carbonyl (C=O) groups excluding carboxylic acids is 1. The fourth-order valence-electron chi connectivity index (χ4n) is 1.83. The van der Waals surface area contributed by atoms with Crippen LogP contribution in [0.3, 0.4) is 0 Å². The van der Waals surface area contributed by atoms with E-state index in [9.17, 15) is 4.79 Å². The number of halogens is 1. The molecule has 0 rings (SSSR count). The van der Waals surface area contributed by atoms with Crippen molar-refractivity contribution in [1.82, 2.24) is 0 Å². The molecule has 0 amide bonds. The number of unbranched alkanes of at least 4 members (excludes halogenated alkanes) is 3. The maximum atomic E-state index is 11.8. The molecule has 0 bridgehead atoms. The molecule has 0 heterocycles. The average Bonchev–Trinajstić information content (AvgIpc) is 2.28. The van der Waals surface area contributed by atoms with Crippen molar-refractivity contribution in [2.45, 2.75) is 75.8 Å². The first-order chi connectivity index (χ1) is 8.38. The van der Waals surface area contributed by atoms with Crippen molar-refractivity contribution in [2.75, 3.05) is 0 Å². The summed E-state index contributed by atoms with van der Waals surface area (Å²) in [6, 6.07) is 0. The molecule has 0 aliphatic carbocycles. The second kappa shape index (κ2) is 9.96. The van der Waals surface area contributed by atoms with Crippen LogP contribution in [0.1, 0.15) is 51.4 Å². The van der Waals surface area contributed by atoms with Gasteiger partial charge in [0.05, 0.1) is 0 Å². The van der Waals surface area contributed by atoms with Gasteiger partial charge in [-0.2, -0.15) is 0 Å². The second-order valence-corrected chi connectivity index (χ2v) is 12.4. The van der Waals surface area contributed by atoms with Crippen LogP contribution in [0.5, 0.6) is 0 Å². The van der Waals surface area contributed by atoms with E-state index in [0.29, 0.717) is 10.2 Å². The maximum absolute atomic E-state index is 11.8. The van der Waals surface area contributed by atoms with Crippen molar-refractivity contribution < 1.29 is 4.79 Å². The summed E-state index contributed by atoms with van der Waals surface area (Å²) in [6.45, 7) is 10.2. The standard InChI is InChI=1S/C15H29BrOSi/c1-5-6-7-8-11-14(16)12-9-10-13-15(17)18(2,3)4/h5,14H,1,6-13H2,2-4H3. The summed E-state index contributed by atoms with van der Waals surface area (Å²) >= 11 is 3.73. The molecule has 0 aromatic carbocycles. The van der Waals surface area contributed by atoms with E-state index in [1.54, 1.807) is 0 Å². The lowest BCUT2D eigenvalue weighted by Gasteiger charge is -2.14. The van der Waals surface area contributed by atoms with Crippen LogP contribution in [0.15, 0.2) is 12.7 Å². The highest BCUT2D eigenvalue weighted by atomic mass is 79.9. The number of alkyl halides is 1. The Kier molecular flexibility index (Phi) is 10.0. The molecule has 0 spiro atoms. The van der Waals surface area contributed by atoms with Crippen molar-refractivity contribution in [1.29, 1.82) is 0 Å². The van der Waals surface area contributed by atoms with Gasteiger partial charge in [0, 0.05) is 11.2 Å². The lowest BCUT2D eigenvalue weighted by atomic mass is 10.1. The number of hydrogen-bond donors (Lipinski definition) is 0. The molecule has 1 nitrogen and oxygen atoms in total. The fraction of sp³-hybridized carbons (Fsp3) is 0.800. The van der Waals surface area contributed by atoms with Gasteiger partial charge in [0.25, 0.3) is 0 Å². The quantitative estimate of drug-likeness (QED) is 0.211. The Morgan fingerprint density at radius 1 is 1.17 bits per heavy atom. The molecule has 106 valence electrons. The Morgan fingerprint density at radius 2 is 1.72 bits per heavy atom. The van der Waals surface area contributed by atoms with E-state index in [-0.39, 0.29) is 0 Å². The molecule has 1 unspecified atom stereocenters. The molecule has 0 N–H and O–H groups in total. The van der Waals surface area contributed by atoms with Crippen molar-refractivity contribution in [3.63, 3.8) is 0 Å². The molecule has 3 heteroatoms. The first kappa shape index (κ1) is 18.1. The predicted octanol–water partition coefficient (Wildman–Crippen LogP) is 5.50. The van der Waals surface area contributed by atoms with Crippen LogP contribution >= 0.6 is 15.9 Å². The first-order valence-corrected chi connectivity index (χ1v) is 11.6. The molecule has 0 aliphatic rings. The minimum Gasteiger partial charge on any atom is -0.305 e. The van der Waals surface area contributed by atoms with Crippen LogP contribution in [0.2, 0.25) is 19.6 Å². The van der Waals surface area contributed by atoms with Crippen LogP contribution in [-0.4, -0.2) is 18.3 Å². The van der Waals surface area contributed by atoms with Crippen molar-refractivity contribution in [3.8, 4) is 0 Å². The fourth-order valence-corrected chi connectivity index (χ4v) is 3.40. The van der Waals surface area contributed by atoms with E-state index in [1.807, 2.05) is 6.08 Å². The summed E-state index contributed by atoms with van der Waals surface area (Å²) in [6.07, 6.45) is 11.1. The van der Waals surface area contributed by atoms with Crippen LogP contribution in [0.4, 0.5) is 0 Å². The number of hydrogen-bond acceptors (Lipinski definition) is 1. The molecule has 0 aromatic rings. The normalized spacial score (nSPS) is 13.3. The highest BCUT2D eigenvalue weighted by molar-refractivity contribution is 9.09. The van der Waals surface area contributed by atoms with E-state index in [0.717, 1.165) is 19.3 Å². The van der Waals surface area contributed by atoms with Gasteiger partial charge in [-0.25, -0.2) is 0 Å². The molecule has 0 aliphatic heterocycles. The Morgan fingerprint density at radius 3 is 2.22 bits per heavy atom. The van der Waals surface area contributed by atoms with E-state index < -0.39 is 8.07 Å². The zero-order valence-corrected chi connectivity index (χ0v) is 14.9. The minimum absolute atomic E-state index is 0.527. The largest absolute Gasteiger partial charge is 0.305 e. The topological polar surface area (TPSA) is 17.1 Å². The van der Waals surface area contributed by atoms with Gasteiger partial charge in [0.2, 0.25) is 0 Å². The summed E-state index contributed by atoms with van der Waals surface area (Å²) in [5, 5.41) is 0.527. The molecular formula is C15H29BrOSi. The third-order valence-electron chi connectivity index (χ3n) is 3.18. The predicted molar refractivity (Wildman–Crippen MR) is 88.2 cm³/mol. The maximum Gasteiger partial charge on any atom is 0.123 e. The van der Waals surface area contributed by atoms with Crippen LogP contribution < -0.4 is 0 Å². The van der Waals surface area contributed by atoms with Crippen LogP contribution in [-0.2, 0) is 4.79 Å². The highest BCUT2D eigenvalue weighted by Crippen LogP contribution is 2.18. The van der Waals surface area contributed by atoms with Gasteiger partial charge >= 0.3 is 0 Å². The third kappa shape index (κ3) is 10.1. The van der Waals surface area contributed by atoms with Gasteiger partial charge < -0.3 is 4.79 Å². The summed E-state index contributed by atoms with van der Waals surface area (Å²) in [4.78, 5) is 12.4. The molecular weight excluding hydrogens is 304 g/mol. The van der Waals surface area contributed by atoms with Gasteiger partial charge in [0.1, 0.15) is 13.5 Å². The van der Waals surface area contributed by atoms with Gasteiger partial charge in [-0.15, -0.1) is 6.58 Å². The van der Waals surface area contributed by atoms with E-state index in [4.69, 9.17) is 0 Å². The molecule has 0 aromatic heterocycles. The SMILES string of the molecule is C=CCCCCC(Br)CCCCC(=O)[Si](C)(C)C. The molecule has 18 heavy (non-hydrogen) atoms. The van der Waals surface area contributed by atoms with E-state index >= 15 is 0 Å². The van der Waals surface area contributed by atoms with Gasteiger partial charge in [-0.1, -0.05) is 54.5 Å². The zero-order valence-electron chi connectivity index (χ0n) is 12.3. The number of allylic oxidation sites excluding steroid dienone is 1. The van der Waals surface area contributed by atoms with Crippen LogP contribution in [0.25, 0.3) is 0 Å². The van der Waals surface area contributed by atoms with Crippen molar-refractivity contribution >= 4 is 29.4 Å². The molecule has 0 saturated heterocycles. The minimum atomic E-state index is -1.53. The van der Waals surface area contributed by atoms with Gasteiger partial charge in [-0.3, -0.25) is 0 Å². The summed E-state index contributed by atoms with van der Waals surface area (Å²) in [5.41, 5.74) is 0. The summed E-state index contributed by atoms with van der Waals surface area (Å²) < 4.78 is 0. The number of carbonyl (C=O) groups is 1. The highest BCUT2D eigenvalue weighted by Gasteiger charge is 2.22. The van der Waals surface area contributed by atoms with Gasteiger partial charge in [-0.05, 0) is 32.1 Å². The monoisotopic (exact) mass is 332 g/mol. The lowest BCUT2D eigenvalue weighted by molar-refractivity contribution is -0.112. The Balaban J connectivity index is 3.48. The smallest absolute Gasteiger partial charge is 0.123 e. The molecule has 1 atom stereocenters. The van der Waals surface area contributed by atoms with Crippen molar-refractivity contribution in [3.05, 3.63) is 12.7 Å². The van der Waals surface area contributed by atoms with E-state index in [1.165, 1.54) is 32.1 Å². The van der Waals surface area contributed by atoms with E-state index in [2.05, 4.69) is 42.1 Å². The third-order valence-corrected chi connectivity index (χ3v) is 6.02. The zero-order chi connectivity index (χ0) is 14.0. The van der Waals surface area contributed by atoms with Gasteiger partial charge in [0.15, 0.2) is 0 Å². The molecule has 0 radical (unpaired) electrons. The Labute approximate surface area is 123 Å². The molecule has 0 saturated carbocycles.